The minimum atomic E-state index is -4.44. The van der Waals surface area contributed by atoms with E-state index in [0.29, 0.717) is 5.69 Å². The summed E-state index contributed by atoms with van der Waals surface area (Å²) < 4.78 is 46.4. The zero-order chi connectivity index (χ0) is 15.6. The van der Waals surface area contributed by atoms with Crippen molar-refractivity contribution in [3.8, 4) is 5.75 Å². The van der Waals surface area contributed by atoms with E-state index >= 15 is 0 Å². The average Bonchev–Trinajstić information content (AvgIpc) is 2.70. The molecule has 1 heterocycles. The molecule has 114 valence electrons. The third-order valence-corrected chi connectivity index (χ3v) is 3.98. The third kappa shape index (κ3) is 3.40. The van der Waals surface area contributed by atoms with Crippen LogP contribution in [-0.4, -0.2) is 9.78 Å². The largest absolute Gasteiger partial charge is 0.487 e. The molecule has 0 fully saturated rings. The molecule has 0 bridgehead atoms. The van der Waals surface area contributed by atoms with Crippen molar-refractivity contribution >= 4 is 15.9 Å². The van der Waals surface area contributed by atoms with E-state index in [1.54, 1.807) is 11.7 Å². The standard InChI is InChI=1S/C14H14BrF3N2O/c1-3-10-13(15)11(20(2)19-10)8-21-12-7-5-4-6-9(12)14(16,17)18/h4-7H,3,8H2,1-2H3. The van der Waals surface area contributed by atoms with E-state index < -0.39 is 11.7 Å². The van der Waals surface area contributed by atoms with Gasteiger partial charge in [-0.15, -0.1) is 0 Å². The second kappa shape index (κ2) is 6.09. The number of para-hydroxylation sites is 1. The van der Waals surface area contributed by atoms with Crippen LogP contribution in [0.25, 0.3) is 0 Å². The van der Waals surface area contributed by atoms with E-state index in [1.165, 1.54) is 18.2 Å². The smallest absolute Gasteiger partial charge is 0.419 e. The molecule has 0 aliphatic carbocycles. The first-order valence-corrected chi connectivity index (χ1v) is 7.13. The van der Waals surface area contributed by atoms with Crippen molar-refractivity contribution in [2.75, 3.05) is 0 Å². The molecule has 0 unspecified atom stereocenters. The summed E-state index contributed by atoms with van der Waals surface area (Å²) >= 11 is 3.41. The molecule has 0 saturated heterocycles. The summed E-state index contributed by atoms with van der Waals surface area (Å²) in [5, 5.41) is 4.28. The van der Waals surface area contributed by atoms with Gasteiger partial charge >= 0.3 is 6.18 Å². The fourth-order valence-electron chi connectivity index (χ4n) is 1.95. The molecule has 0 atom stereocenters. The van der Waals surface area contributed by atoms with Crippen molar-refractivity contribution in [3.05, 3.63) is 45.7 Å². The van der Waals surface area contributed by atoms with Gasteiger partial charge in [-0.3, -0.25) is 4.68 Å². The van der Waals surface area contributed by atoms with Gasteiger partial charge in [-0.1, -0.05) is 19.1 Å². The number of ether oxygens (including phenoxy) is 1. The van der Waals surface area contributed by atoms with E-state index in [1.807, 2.05) is 6.92 Å². The van der Waals surface area contributed by atoms with Gasteiger partial charge in [0.1, 0.15) is 12.4 Å². The third-order valence-electron chi connectivity index (χ3n) is 3.06. The monoisotopic (exact) mass is 362 g/mol. The molecule has 1 aromatic heterocycles. The summed E-state index contributed by atoms with van der Waals surface area (Å²) in [6, 6.07) is 5.17. The van der Waals surface area contributed by atoms with Crippen LogP contribution in [-0.2, 0) is 26.3 Å². The molecule has 0 aliphatic heterocycles. The van der Waals surface area contributed by atoms with Crippen LogP contribution in [0.1, 0.15) is 23.9 Å². The van der Waals surface area contributed by atoms with Crippen LogP contribution in [0.3, 0.4) is 0 Å². The molecule has 0 radical (unpaired) electrons. The Morgan fingerprint density at radius 1 is 1.29 bits per heavy atom. The average molecular weight is 363 g/mol. The van der Waals surface area contributed by atoms with E-state index in [9.17, 15) is 13.2 Å². The Kier molecular flexibility index (Phi) is 4.61. The molecular formula is C14H14BrF3N2O. The van der Waals surface area contributed by atoms with Gasteiger partial charge in [-0.25, -0.2) is 0 Å². The minimum Gasteiger partial charge on any atom is -0.487 e. The number of rotatable bonds is 4. The van der Waals surface area contributed by atoms with Gasteiger partial charge in [0.25, 0.3) is 0 Å². The first kappa shape index (κ1) is 15.9. The van der Waals surface area contributed by atoms with Crippen molar-refractivity contribution < 1.29 is 17.9 Å². The fraction of sp³-hybridized carbons (Fsp3) is 0.357. The zero-order valence-corrected chi connectivity index (χ0v) is 13.1. The van der Waals surface area contributed by atoms with Crippen molar-refractivity contribution in [3.63, 3.8) is 0 Å². The summed E-state index contributed by atoms with van der Waals surface area (Å²) in [5.74, 6) is -0.184. The molecule has 21 heavy (non-hydrogen) atoms. The van der Waals surface area contributed by atoms with Crippen LogP contribution in [0.15, 0.2) is 28.7 Å². The van der Waals surface area contributed by atoms with Crippen LogP contribution in [0, 0.1) is 0 Å². The predicted molar refractivity (Wildman–Crippen MR) is 76.1 cm³/mol. The Balaban J connectivity index is 2.24. The molecule has 0 saturated carbocycles. The summed E-state index contributed by atoms with van der Waals surface area (Å²) in [4.78, 5) is 0. The molecule has 1 aromatic carbocycles. The highest BCUT2D eigenvalue weighted by molar-refractivity contribution is 9.10. The van der Waals surface area contributed by atoms with Gasteiger partial charge in [0.15, 0.2) is 0 Å². The Labute approximate surface area is 128 Å². The van der Waals surface area contributed by atoms with Crippen LogP contribution in [0.5, 0.6) is 5.75 Å². The second-order valence-corrected chi connectivity index (χ2v) is 5.26. The van der Waals surface area contributed by atoms with Gasteiger partial charge in [0.05, 0.1) is 21.4 Å². The lowest BCUT2D eigenvalue weighted by Crippen LogP contribution is -2.10. The predicted octanol–water partition coefficient (Wildman–Crippen LogP) is 4.34. The molecule has 0 aliphatic rings. The number of halogens is 4. The second-order valence-electron chi connectivity index (χ2n) is 4.47. The lowest BCUT2D eigenvalue weighted by atomic mass is 10.2. The molecule has 0 N–H and O–H groups in total. The summed E-state index contributed by atoms with van der Waals surface area (Å²) in [6.07, 6.45) is -3.71. The maximum absolute atomic E-state index is 12.9. The molecule has 2 rings (SSSR count). The first-order chi connectivity index (χ1) is 9.84. The summed E-state index contributed by atoms with van der Waals surface area (Å²) in [6.45, 7) is 1.97. The summed E-state index contributed by atoms with van der Waals surface area (Å²) in [7, 11) is 1.73. The van der Waals surface area contributed by atoms with Gasteiger partial charge in [-0.2, -0.15) is 18.3 Å². The highest BCUT2D eigenvalue weighted by Crippen LogP contribution is 2.36. The van der Waals surface area contributed by atoms with E-state index in [0.717, 1.165) is 22.7 Å². The topological polar surface area (TPSA) is 27.1 Å². The van der Waals surface area contributed by atoms with Gasteiger partial charge < -0.3 is 4.74 Å². The SMILES string of the molecule is CCc1nn(C)c(COc2ccccc2C(F)(F)F)c1Br. The van der Waals surface area contributed by atoms with Crippen molar-refractivity contribution in [1.29, 1.82) is 0 Å². The van der Waals surface area contributed by atoms with E-state index in [2.05, 4.69) is 21.0 Å². The van der Waals surface area contributed by atoms with Crippen molar-refractivity contribution in [1.82, 2.24) is 9.78 Å². The molecule has 0 spiro atoms. The number of benzene rings is 1. The number of hydrogen-bond acceptors (Lipinski definition) is 2. The highest BCUT2D eigenvalue weighted by Gasteiger charge is 2.34. The van der Waals surface area contributed by atoms with Crippen LogP contribution >= 0.6 is 15.9 Å². The quantitative estimate of drug-likeness (QED) is 0.808. The number of aromatic nitrogens is 2. The Morgan fingerprint density at radius 3 is 2.52 bits per heavy atom. The van der Waals surface area contributed by atoms with Gasteiger partial charge in [0.2, 0.25) is 0 Å². The normalized spacial score (nSPS) is 11.7. The zero-order valence-electron chi connectivity index (χ0n) is 11.5. The Morgan fingerprint density at radius 2 is 1.95 bits per heavy atom. The summed E-state index contributed by atoms with van der Waals surface area (Å²) in [5.41, 5.74) is 0.767. The van der Waals surface area contributed by atoms with Crippen molar-refractivity contribution in [2.24, 2.45) is 7.05 Å². The number of aryl methyl sites for hydroxylation is 2. The number of hydrogen-bond donors (Lipinski definition) is 0. The Bertz CT molecular complexity index is 638. The van der Waals surface area contributed by atoms with Crippen LogP contribution in [0.2, 0.25) is 0 Å². The molecular weight excluding hydrogens is 349 g/mol. The molecule has 3 nitrogen and oxygen atoms in total. The maximum Gasteiger partial charge on any atom is 0.419 e. The Hall–Kier alpha value is -1.50. The molecule has 7 heteroatoms. The number of nitrogens with zero attached hydrogens (tertiary/aromatic N) is 2. The first-order valence-electron chi connectivity index (χ1n) is 6.33. The van der Waals surface area contributed by atoms with Crippen LogP contribution in [0.4, 0.5) is 13.2 Å². The lowest BCUT2D eigenvalue weighted by Gasteiger charge is -2.13. The van der Waals surface area contributed by atoms with E-state index in [-0.39, 0.29) is 12.4 Å². The highest BCUT2D eigenvalue weighted by atomic mass is 79.9. The molecule has 0 amide bonds. The van der Waals surface area contributed by atoms with E-state index in [4.69, 9.17) is 4.74 Å². The van der Waals surface area contributed by atoms with Crippen molar-refractivity contribution in [2.45, 2.75) is 26.1 Å². The number of alkyl halides is 3. The molecule has 2 aromatic rings. The maximum atomic E-state index is 12.9. The van der Waals surface area contributed by atoms with Crippen LogP contribution < -0.4 is 4.74 Å². The fourth-order valence-corrected chi connectivity index (χ4v) is 2.68. The van der Waals surface area contributed by atoms with Gasteiger partial charge in [0, 0.05) is 7.05 Å². The lowest BCUT2D eigenvalue weighted by molar-refractivity contribution is -0.139. The van der Waals surface area contributed by atoms with Gasteiger partial charge in [-0.05, 0) is 34.5 Å². The minimum absolute atomic E-state index is 0.0111.